The number of halogens is 2. The average Bonchev–Trinajstić information content (AvgIpc) is 2.63. The van der Waals surface area contributed by atoms with Gasteiger partial charge >= 0.3 is 0 Å². The fourth-order valence-corrected chi connectivity index (χ4v) is 3.15. The Hall–Kier alpha value is -2.82. The number of fused-ring (bicyclic) bond motifs is 2. The van der Waals surface area contributed by atoms with Crippen molar-refractivity contribution in [2.75, 3.05) is 5.32 Å². The summed E-state index contributed by atoms with van der Waals surface area (Å²) in [5, 5.41) is 4.43. The zero-order valence-electron chi connectivity index (χ0n) is 13.3. The lowest BCUT2D eigenvalue weighted by Gasteiger charge is -2.08. The molecule has 128 valence electrons. The van der Waals surface area contributed by atoms with E-state index < -0.39 is 0 Å². The molecule has 0 aliphatic heterocycles. The van der Waals surface area contributed by atoms with Crippen LogP contribution in [-0.4, -0.2) is 5.91 Å². The van der Waals surface area contributed by atoms with Gasteiger partial charge in [0.2, 0.25) is 5.43 Å². The second kappa shape index (κ2) is 6.48. The van der Waals surface area contributed by atoms with E-state index in [1.807, 2.05) is 0 Å². The third-order valence-corrected chi connectivity index (χ3v) is 4.53. The lowest BCUT2D eigenvalue weighted by Crippen LogP contribution is -2.12. The highest BCUT2D eigenvalue weighted by Crippen LogP contribution is 2.26. The predicted octanol–water partition coefficient (Wildman–Crippen LogP) is 5.51. The fourth-order valence-electron chi connectivity index (χ4n) is 2.75. The maximum atomic E-state index is 12.6. The lowest BCUT2D eigenvalue weighted by molar-refractivity contribution is 0.102. The summed E-state index contributed by atoms with van der Waals surface area (Å²) >= 11 is 12.0. The zero-order chi connectivity index (χ0) is 18.3. The normalized spacial score (nSPS) is 11.0. The van der Waals surface area contributed by atoms with E-state index in [1.165, 1.54) is 0 Å². The van der Waals surface area contributed by atoms with Gasteiger partial charge in [-0.2, -0.15) is 0 Å². The number of anilines is 1. The first kappa shape index (κ1) is 16.6. The highest BCUT2D eigenvalue weighted by molar-refractivity contribution is 6.35. The molecule has 0 unspecified atom stereocenters. The van der Waals surface area contributed by atoms with E-state index in [1.54, 1.807) is 60.7 Å². The molecule has 0 spiro atoms. The van der Waals surface area contributed by atoms with E-state index in [9.17, 15) is 9.59 Å². The van der Waals surface area contributed by atoms with Crippen LogP contribution in [0.15, 0.2) is 69.9 Å². The molecule has 0 fully saturated rings. The van der Waals surface area contributed by atoms with E-state index in [2.05, 4.69) is 5.32 Å². The molecule has 0 aliphatic rings. The molecular formula is C20H11Cl2NO3. The summed E-state index contributed by atoms with van der Waals surface area (Å²) in [4.78, 5) is 25.0. The summed E-state index contributed by atoms with van der Waals surface area (Å²) in [5.74, 6) is -0.312. The molecule has 0 saturated carbocycles. The molecule has 0 bridgehead atoms. The Bertz CT molecular complexity index is 1230. The molecule has 26 heavy (non-hydrogen) atoms. The van der Waals surface area contributed by atoms with Crippen LogP contribution < -0.4 is 10.7 Å². The summed E-state index contributed by atoms with van der Waals surface area (Å²) < 4.78 is 5.80. The van der Waals surface area contributed by atoms with Gasteiger partial charge in [-0.1, -0.05) is 35.3 Å². The second-order valence-electron chi connectivity index (χ2n) is 5.72. The first-order valence-corrected chi connectivity index (χ1v) is 8.50. The van der Waals surface area contributed by atoms with Crippen molar-refractivity contribution in [3.8, 4) is 0 Å². The van der Waals surface area contributed by atoms with Gasteiger partial charge in [-0.05, 0) is 42.5 Å². The Labute approximate surface area is 158 Å². The maximum absolute atomic E-state index is 12.6. The van der Waals surface area contributed by atoms with Crippen LogP contribution in [0.4, 0.5) is 5.69 Å². The zero-order valence-corrected chi connectivity index (χ0v) is 14.8. The van der Waals surface area contributed by atoms with Gasteiger partial charge in [0.25, 0.3) is 5.91 Å². The van der Waals surface area contributed by atoms with Gasteiger partial charge in [-0.15, -0.1) is 0 Å². The van der Waals surface area contributed by atoms with Crippen molar-refractivity contribution in [3.63, 3.8) is 0 Å². The highest BCUT2D eigenvalue weighted by atomic mass is 35.5. The molecule has 6 heteroatoms. The Kier molecular flexibility index (Phi) is 4.15. The minimum atomic E-state index is -0.312. The van der Waals surface area contributed by atoms with E-state index >= 15 is 0 Å². The van der Waals surface area contributed by atoms with Gasteiger partial charge in [0.15, 0.2) is 5.58 Å². The minimum Gasteiger partial charge on any atom is -0.454 e. The number of amides is 1. The number of hydrogen-bond donors (Lipinski definition) is 1. The van der Waals surface area contributed by atoms with Crippen molar-refractivity contribution in [1.29, 1.82) is 0 Å². The van der Waals surface area contributed by atoms with Crippen molar-refractivity contribution in [2.24, 2.45) is 0 Å². The van der Waals surface area contributed by atoms with Crippen LogP contribution in [0, 0.1) is 0 Å². The van der Waals surface area contributed by atoms with Crippen LogP contribution >= 0.6 is 23.2 Å². The third-order valence-electron chi connectivity index (χ3n) is 3.99. The first-order valence-electron chi connectivity index (χ1n) is 7.75. The molecule has 1 amide bonds. The number of para-hydroxylation sites is 1. The molecule has 3 aromatic carbocycles. The number of carbonyl (C=O) groups excluding carboxylic acids is 1. The smallest absolute Gasteiger partial charge is 0.255 e. The first-order chi connectivity index (χ1) is 12.5. The number of hydrogen-bond acceptors (Lipinski definition) is 3. The molecule has 4 aromatic rings. The van der Waals surface area contributed by atoms with Gasteiger partial charge in [-0.25, -0.2) is 0 Å². The molecular weight excluding hydrogens is 373 g/mol. The molecule has 1 N–H and O–H groups in total. The van der Waals surface area contributed by atoms with Gasteiger partial charge in [0.05, 0.1) is 15.8 Å². The lowest BCUT2D eigenvalue weighted by atomic mass is 10.1. The molecule has 0 saturated heterocycles. The van der Waals surface area contributed by atoms with Crippen LogP contribution in [0.2, 0.25) is 10.0 Å². The number of carbonyl (C=O) groups is 1. The maximum Gasteiger partial charge on any atom is 0.255 e. The number of benzene rings is 3. The van der Waals surface area contributed by atoms with Gasteiger partial charge in [0, 0.05) is 22.3 Å². The molecule has 4 nitrogen and oxygen atoms in total. The van der Waals surface area contributed by atoms with Crippen molar-refractivity contribution in [3.05, 3.63) is 86.5 Å². The third kappa shape index (κ3) is 2.94. The Balaban J connectivity index is 1.78. The molecule has 0 aliphatic carbocycles. The van der Waals surface area contributed by atoms with Crippen molar-refractivity contribution in [1.82, 2.24) is 0 Å². The van der Waals surface area contributed by atoms with E-state index in [4.69, 9.17) is 27.6 Å². The van der Waals surface area contributed by atoms with Crippen LogP contribution in [0.25, 0.3) is 21.9 Å². The molecule has 1 aromatic heterocycles. The average molecular weight is 384 g/mol. The number of rotatable bonds is 2. The van der Waals surface area contributed by atoms with Gasteiger partial charge < -0.3 is 9.73 Å². The van der Waals surface area contributed by atoms with Gasteiger partial charge in [0.1, 0.15) is 5.58 Å². The minimum absolute atomic E-state index is 0.170. The summed E-state index contributed by atoms with van der Waals surface area (Å²) in [6.45, 7) is 0. The van der Waals surface area contributed by atoms with Crippen LogP contribution in [0.5, 0.6) is 0 Å². The molecule has 4 rings (SSSR count). The number of nitrogens with one attached hydrogen (secondary N) is 1. The van der Waals surface area contributed by atoms with Crippen molar-refractivity contribution >= 4 is 56.7 Å². The summed E-state index contributed by atoms with van der Waals surface area (Å²) in [7, 11) is 0. The van der Waals surface area contributed by atoms with E-state index in [-0.39, 0.29) is 11.3 Å². The largest absolute Gasteiger partial charge is 0.454 e. The van der Waals surface area contributed by atoms with Crippen LogP contribution in [-0.2, 0) is 0 Å². The topological polar surface area (TPSA) is 59.3 Å². The summed E-state index contributed by atoms with van der Waals surface area (Å²) in [5.41, 5.74) is 1.43. The fraction of sp³-hybridized carbons (Fsp3) is 0. The Morgan fingerprint density at radius 2 is 1.73 bits per heavy atom. The second-order valence-corrected chi connectivity index (χ2v) is 6.57. The summed E-state index contributed by atoms with van der Waals surface area (Å²) in [6, 6.07) is 16.5. The molecule has 0 radical (unpaired) electrons. The Morgan fingerprint density at radius 3 is 2.54 bits per heavy atom. The van der Waals surface area contributed by atoms with Crippen LogP contribution in [0.3, 0.4) is 0 Å². The highest BCUT2D eigenvalue weighted by Gasteiger charge is 2.12. The Morgan fingerprint density at radius 1 is 0.923 bits per heavy atom. The van der Waals surface area contributed by atoms with E-state index in [0.29, 0.717) is 43.2 Å². The van der Waals surface area contributed by atoms with Crippen LogP contribution in [0.1, 0.15) is 10.4 Å². The van der Waals surface area contributed by atoms with Gasteiger partial charge in [-0.3, -0.25) is 9.59 Å². The van der Waals surface area contributed by atoms with Crippen molar-refractivity contribution in [2.45, 2.75) is 0 Å². The van der Waals surface area contributed by atoms with Crippen molar-refractivity contribution < 1.29 is 9.21 Å². The SMILES string of the molecule is O=C(Nc1ccc2c(=O)c3cccc(Cl)c3oc2c1)c1cccc(Cl)c1. The molecule has 0 atom stereocenters. The van der Waals surface area contributed by atoms with E-state index in [0.717, 1.165) is 0 Å². The quantitative estimate of drug-likeness (QED) is 0.464. The predicted molar refractivity (Wildman–Crippen MR) is 104 cm³/mol. The monoisotopic (exact) mass is 383 g/mol. The summed E-state index contributed by atoms with van der Waals surface area (Å²) in [6.07, 6.45) is 0. The molecule has 1 heterocycles. The standard InChI is InChI=1S/C20H11Cl2NO3/c21-12-4-1-3-11(9-12)20(25)23-13-7-8-14-17(10-13)26-19-15(18(14)24)5-2-6-16(19)22/h1-10H,(H,23,25).